The van der Waals surface area contributed by atoms with Crippen molar-refractivity contribution >= 4 is 11.9 Å². The van der Waals surface area contributed by atoms with Crippen molar-refractivity contribution < 1.29 is 23.8 Å². The molecular formula is C19H29NO5. The van der Waals surface area contributed by atoms with Crippen LogP contribution in [0, 0.1) is 11.8 Å². The van der Waals surface area contributed by atoms with Gasteiger partial charge in [-0.25, -0.2) is 0 Å². The van der Waals surface area contributed by atoms with Gasteiger partial charge < -0.3 is 14.2 Å². The summed E-state index contributed by atoms with van der Waals surface area (Å²) < 4.78 is 17.5. The molecule has 6 nitrogen and oxygen atoms in total. The molecule has 25 heavy (non-hydrogen) atoms. The molecular weight excluding hydrogens is 322 g/mol. The van der Waals surface area contributed by atoms with Crippen LogP contribution in [-0.4, -0.2) is 60.4 Å². The minimum absolute atomic E-state index is 0.0129. The zero-order valence-electron chi connectivity index (χ0n) is 15.4. The number of carbonyl (C=O) groups is 2. The van der Waals surface area contributed by atoms with Gasteiger partial charge in [0.15, 0.2) is 5.60 Å². The van der Waals surface area contributed by atoms with Crippen LogP contribution in [-0.2, 0) is 23.8 Å². The molecule has 0 N–H and O–H groups in total. The van der Waals surface area contributed by atoms with E-state index in [1.807, 2.05) is 13.8 Å². The van der Waals surface area contributed by atoms with Crippen LogP contribution in [0.1, 0.15) is 52.4 Å². The molecule has 0 aromatic carbocycles. The smallest absolute Gasteiger partial charge is 0.309 e. The summed E-state index contributed by atoms with van der Waals surface area (Å²) in [6.07, 6.45) is 5.29. The van der Waals surface area contributed by atoms with Crippen molar-refractivity contribution in [2.75, 3.05) is 13.7 Å². The van der Waals surface area contributed by atoms with Crippen molar-refractivity contribution in [2.45, 2.75) is 82.3 Å². The highest BCUT2D eigenvalue weighted by Gasteiger charge is 2.61. The highest BCUT2D eigenvalue weighted by molar-refractivity contribution is 5.75. The molecule has 0 aromatic rings. The topological polar surface area (TPSA) is 65.1 Å². The van der Waals surface area contributed by atoms with E-state index in [9.17, 15) is 9.59 Å². The van der Waals surface area contributed by atoms with E-state index in [0.717, 1.165) is 45.1 Å². The van der Waals surface area contributed by atoms with Crippen molar-refractivity contribution in [1.29, 1.82) is 0 Å². The van der Waals surface area contributed by atoms with E-state index in [1.54, 1.807) is 7.11 Å². The Balaban J connectivity index is 1.62. The maximum atomic E-state index is 12.3. The van der Waals surface area contributed by atoms with Crippen LogP contribution < -0.4 is 0 Å². The molecule has 4 aliphatic heterocycles. The molecule has 0 aliphatic carbocycles. The lowest BCUT2D eigenvalue weighted by Gasteiger charge is -2.42. The van der Waals surface area contributed by atoms with Crippen molar-refractivity contribution in [3.05, 3.63) is 0 Å². The maximum absolute atomic E-state index is 12.3. The normalized spacial score (nSPS) is 47.6. The van der Waals surface area contributed by atoms with Gasteiger partial charge in [-0.2, -0.15) is 0 Å². The second-order valence-corrected chi connectivity index (χ2v) is 8.36. The van der Waals surface area contributed by atoms with Gasteiger partial charge in [-0.05, 0) is 38.6 Å². The second-order valence-electron chi connectivity index (χ2n) is 8.36. The first-order valence-electron chi connectivity index (χ1n) is 9.68. The fourth-order valence-electron chi connectivity index (χ4n) is 5.66. The van der Waals surface area contributed by atoms with Crippen LogP contribution >= 0.6 is 0 Å². The lowest BCUT2D eigenvalue weighted by atomic mass is 9.81. The van der Waals surface area contributed by atoms with Crippen LogP contribution in [0.25, 0.3) is 0 Å². The highest BCUT2D eigenvalue weighted by Crippen LogP contribution is 2.48. The van der Waals surface area contributed by atoms with Crippen LogP contribution in [0.3, 0.4) is 0 Å². The van der Waals surface area contributed by atoms with Gasteiger partial charge >= 0.3 is 11.9 Å². The predicted octanol–water partition coefficient (Wildman–Crippen LogP) is 1.90. The molecule has 7 atom stereocenters. The van der Waals surface area contributed by atoms with Crippen molar-refractivity contribution in [3.8, 4) is 0 Å². The lowest BCUT2D eigenvalue weighted by Crippen LogP contribution is -2.57. The molecule has 0 saturated carbocycles. The van der Waals surface area contributed by atoms with Gasteiger partial charge in [-0.15, -0.1) is 0 Å². The number of rotatable bonds is 2. The third kappa shape index (κ3) is 2.60. The summed E-state index contributed by atoms with van der Waals surface area (Å²) in [5.74, 6) is -0.274. The molecule has 4 fully saturated rings. The van der Waals surface area contributed by atoms with Crippen LogP contribution in [0.2, 0.25) is 0 Å². The van der Waals surface area contributed by atoms with E-state index < -0.39 is 5.60 Å². The quantitative estimate of drug-likeness (QED) is 0.708. The Hall–Kier alpha value is -1.14. The van der Waals surface area contributed by atoms with Crippen LogP contribution in [0.4, 0.5) is 0 Å². The molecule has 0 bridgehead atoms. The number of hydrogen-bond donors (Lipinski definition) is 0. The van der Waals surface area contributed by atoms with Gasteiger partial charge in [0.1, 0.15) is 6.10 Å². The average Bonchev–Trinajstić information content (AvgIpc) is 3.19. The lowest BCUT2D eigenvalue weighted by molar-refractivity contribution is -0.172. The molecule has 4 saturated heterocycles. The number of hydrogen-bond acceptors (Lipinski definition) is 6. The Morgan fingerprint density at radius 1 is 1.12 bits per heavy atom. The monoisotopic (exact) mass is 351 g/mol. The standard InChI is InChI=1S/C19H29NO5/c1-11-9-14(24-17(11)21)13-6-7-15-19(10-12(2)18(22)25-19)16(23-3)5-4-8-20(13)15/h11-16H,4-10H2,1-3H3/t11-,12+,13-,14-,15-,16+,19-/m0/s1. The number of fused-ring (bicyclic) bond motifs is 2. The van der Waals surface area contributed by atoms with Crippen LogP contribution in [0.5, 0.6) is 0 Å². The first-order valence-corrected chi connectivity index (χ1v) is 9.68. The summed E-state index contributed by atoms with van der Waals surface area (Å²) in [4.78, 5) is 26.6. The molecule has 4 aliphatic rings. The third-order valence-electron chi connectivity index (χ3n) is 6.84. The van der Waals surface area contributed by atoms with Gasteiger partial charge in [-0.3, -0.25) is 14.5 Å². The summed E-state index contributed by atoms with van der Waals surface area (Å²) in [6, 6.07) is 0.398. The minimum atomic E-state index is -0.551. The van der Waals surface area contributed by atoms with E-state index in [1.165, 1.54) is 0 Å². The molecule has 0 unspecified atom stereocenters. The highest BCUT2D eigenvalue weighted by atomic mass is 16.6. The van der Waals surface area contributed by atoms with E-state index in [0.29, 0.717) is 0 Å². The molecule has 4 rings (SSSR count). The molecule has 4 heterocycles. The second kappa shape index (κ2) is 6.23. The summed E-state index contributed by atoms with van der Waals surface area (Å²) in [6.45, 7) is 4.84. The van der Waals surface area contributed by atoms with Gasteiger partial charge in [0.25, 0.3) is 0 Å². The number of nitrogens with zero attached hydrogens (tertiary/aromatic N) is 1. The van der Waals surface area contributed by atoms with Gasteiger partial charge in [-0.1, -0.05) is 13.8 Å². The summed E-state index contributed by atoms with van der Waals surface area (Å²) in [5.41, 5.74) is -0.551. The first-order chi connectivity index (χ1) is 12.0. The fraction of sp³-hybridized carbons (Fsp3) is 0.895. The third-order valence-corrected chi connectivity index (χ3v) is 6.84. The van der Waals surface area contributed by atoms with Crippen LogP contribution in [0.15, 0.2) is 0 Å². The van der Waals surface area contributed by atoms with Gasteiger partial charge in [0.05, 0.1) is 24.0 Å². The Morgan fingerprint density at radius 3 is 2.52 bits per heavy atom. The Morgan fingerprint density at radius 2 is 1.92 bits per heavy atom. The Labute approximate surface area is 149 Å². The SMILES string of the molecule is CO[C@@H]1CCCN2[C@@H](CC[C@H]2[C@@H]2C[C@H](C)C(=O)O2)[C@@]12C[C@@H](C)C(=O)O2. The molecule has 140 valence electrons. The zero-order chi connectivity index (χ0) is 17.8. The number of esters is 2. The Bertz CT molecular complexity index is 566. The average molecular weight is 351 g/mol. The summed E-state index contributed by atoms with van der Waals surface area (Å²) in [7, 11) is 1.73. The fourth-order valence-corrected chi connectivity index (χ4v) is 5.66. The van der Waals surface area contributed by atoms with Gasteiger partial charge in [0, 0.05) is 19.6 Å². The van der Waals surface area contributed by atoms with Crippen molar-refractivity contribution in [3.63, 3.8) is 0 Å². The molecule has 0 amide bonds. The minimum Gasteiger partial charge on any atom is -0.460 e. The van der Waals surface area contributed by atoms with E-state index in [4.69, 9.17) is 14.2 Å². The Kier molecular flexibility index (Phi) is 4.31. The number of ether oxygens (including phenoxy) is 3. The number of methoxy groups -OCH3 is 1. The van der Waals surface area contributed by atoms with E-state index in [2.05, 4.69) is 4.90 Å². The summed E-state index contributed by atoms with van der Waals surface area (Å²) >= 11 is 0. The maximum Gasteiger partial charge on any atom is 0.309 e. The van der Waals surface area contributed by atoms with Crippen molar-refractivity contribution in [2.24, 2.45) is 11.8 Å². The number of cyclic esters (lactones) is 1. The first kappa shape index (κ1) is 17.3. The summed E-state index contributed by atoms with van der Waals surface area (Å²) in [5, 5.41) is 0. The molecule has 6 heteroatoms. The predicted molar refractivity (Wildman–Crippen MR) is 89.8 cm³/mol. The van der Waals surface area contributed by atoms with Crippen molar-refractivity contribution in [1.82, 2.24) is 4.90 Å². The molecule has 0 radical (unpaired) electrons. The zero-order valence-corrected chi connectivity index (χ0v) is 15.4. The molecule has 0 aromatic heterocycles. The van der Waals surface area contributed by atoms with Gasteiger partial charge in [0.2, 0.25) is 0 Å². The van der Waals surface area contributed by atoms with E-state index >= 15 is 0 Å². The largest absolute Gasteiger partial charge is 0.460 e. The molecule has 1 spiro atoms. The number of carbonyl (C=O) groups excluding carboxylic acids is 2. The van der Waals surface area contributed by atoms with E-state index in [-0.39, 0.29) is 48.1 Å².